The maximum atomic E-state index is 12.0. The number of halogens is 2. The summed E-state index contributed by atoms with van der Waals surface area (Å²) in [6.07, 6.45) is 2.04. The van der Waals surface area contributed by atoms with Gasteiger partial charge in [-0.05, 0) is 30.5 Å². The topological polar surface area (TPSA) is 66.4 Å². The number of hydrogen-bond donors (Lipinski definition) is 2. The van der Waals surface area contributed by atoms with Gasteiger partial charge in [0.15, 0.2) is 0 Å². The van der Waals surface area contributed by atoms with E-state index in [1.54, 1.807) is 18.2 Å². The normalized spacial score (nSPS) is 17.4. The van der Waals surface area contributed by atoms with Crippen LogP contribution in [-0.2, 0) is 9.59 Å². The summed E-state index contributed by atoms with van der Waals surface area (Å²) < 4.78 is 0. The summed E-state index contributed by atoms with van der Waals surface area (Å²) in [5.74, 6) is -1.17. The highest BCUT2D eigenvalue weighted by Gasteiger charge is 2.45. The zero-order chi connectivity index (χ0) is 16.3. The number of carbonyl (C=O) groups excluding carboxylic acids is 1. The molecule has 0 saturated heterocycles. The van der Waals surface area contributed by atoms with Gasteiger partial charge in [0, 0.05) is 28.9 Å². The fourth-order valence-corrected chi connectivity index (χ4v) is 3.56. The number of carbonyl (C=O) groups is 2. The van der Waals surface area contributed by atoms with Crippen LogP contribution in [0.1, 0.15) is 44.1 Å². The van der Waals surface area contributed by atoms with Crippen LogP contribution in [0.3, 0.4) is 0 Å². The average Bonchev–Trinajstić information content (AvgIpc) is 2.40. The summed E-state index contributed by atoms with van der Waals surface area (Å²) >= 11 is 12.3. The van der Waals surface area contributed by atoms with E-state index < -0.39 is 11.4 Å². The van der Waals surface area contributed by atoms with Crippen molar-refractivity contribution >= 4 is 35.1 Å². The van der Waals surface area contributed by atoms with Crippen molar-refractivity contribution in [2.75, 3.05) is 6.54 Å². The van der Waals surface area contributed by atoms with Crippen molar-refractivity contribution < 1.29 is 14.7 Å². The van der Waals surface area contributed by atoms with Crippen LogP contribution in [0.5, 0.6) is 0 Å². The van der Waals surface area contributed by atoms with E-state index in [-0.39, 0.29) is 18.2 Å². The predicted octanol–water partition coefficient (Wildman–Crippen LogP) is 3.86. The molecule has 0 radical (unpaired) electrons. The van der Waals surface area contributed by atoms with Gasteiger partial charge in [-0.15, -0.1) is 0 Å². The highest BCUT2D eigenvalue weighted by Crippen LogP contribution is 2.44. The molecule has 4 nitrogen and oxygen atoms in total. The predicted molar refractivity (Wildman–Crippen MR) is 86.4 cm³/mol. The third kappa shape index (κ3) is 3.55. The first-order valence-corrected chi connectivity index (χ1v) is 8.05. The number of carboxylic acids is 1. The largest absolute Gasteiger partial charge is 0.481 e. The summed E-state index contributed by atoms with van der Waals surface area (Å²) in [5.41, 5.74) is -0.0715. The van der Waals surface area contributed by atoms with Gasteiger partial charge in [-0.3, -0.25) is 9.59 Å². The van der Waals surface area contributed by atoms with Gasteiger partial charge >= 0.3 is 5.97 Å². The first-order valence-electron chi connectivity index (χ1n) is 7.30. The first kappa shape index (κ1) is 17.1. The molecule has 1 aromatic rings. The van der Waals surface area contributed by atoms with Crippen LogP contribution in [0.4, 0.5) is 0 Å². The Morgan fingerprint density at radius 3 is 2.36 bits per heavy atom. The zero-order valence-electron chi connectivity index (χ0n) is 12.4. The molecule has 1 aliphatic rings. The van der Waals surface area contributed by atoms with Crippen LogP contribution in [-0.4, -0.2) is 23.5 Å². The second kappa shape index (κ2) is 6.88. The highest BCUT2D eigenvalue weighted by atomic mass is 35.5. The van der Waals surface area contributed by atoms with Gasteiger partial charge in [0.05, 0.1) is 5.41 Å². The molecule has 0 heterocycles. The number of carboxylic acid groups (broad SMARTS) is 1. The van der Waals surface area contributed by atoms with Crippen LogP contribution in [0.25, 0.3) is 0 Å². The molecule has 1 fully saturated rings. The van der Waals surface area contributed by atoms with Gasteiger partial charge in [0.25, 0.3) is 0 Å². The monoisotopic (exact) mass is 343 g/mol. The van der Waals surface area contributed by atoms with Crippen LogP contribution < -0.4 is 5.32 Å². The summed E-state index contributed by atoms with van der Waals surface area (Å²) in [6.45, 7) is 2.29. The molecule has 0 aliphatic heterocycles. The van der Waals surface area contributed by atoms with Crippen molar-refractivity contribution in [1.29, 1.82) is 0 Å². The lowest BCUT2D eigenvalue weighted by Crippen LogP contribution is -2.43. The smallest absolute Gasteiger partial charge is 0.310 e. The minimum atomic E-state index is -0.879. The van der Waals surface area contributed by atoms with E-state index >= 15 is 0 Å². The molecule has 1 atom stereocenters. The van der Waals surface area contributed by atoms with Crippen LogP contribution in [0.15, 0.2) is 18.2 Å². The van der Waals surface area contributed by atoms with E-state index in [4.69, 9.17) is 23.2 Å². The van der Waals surface area contributed by atoms with Gasteiger partial charge in [-0.1, -0.05) is 42.6 Å². The molecular weight excluding hydrogens is 325 g/mol. The lowest BCUT2D eigenvalue weighted by Gasteiger charge is -2.37. The maximum absolute atomic E-state index is 12.0. The molecule has 0 aromatic heterocycles. The average molecular weight is 344 g/mol. The highest BCUT2D eigenvalue weighted by molar-refractivity contribution is 6.36. The summed E-state index contributed by atoms with van der Waals surface area (Å²) in [4.78, 5) is 23.3. The number of amides is 1. The van der Waals surface area contributed by atoms with Gasteiger partial charge in [0.1, 0.15) is 0 Å². The van der Waals surface area contributed by atoms with E-state index in [2.05, 4.69) is 5.32 Å². The number of hydrogen-bond acceptors (Lipinski definition) is 2. The fourth-order valence-electron chi connectivity index (χ4n) is 2.79. The molecule has 2 rings (SSSR count). The number of benzene rings is 1. The van der Waals surface area contributed by atoms with Crippen molar-refractivity contribution in [1.82, 2.24) is 5.32 Å². The summed E-state index contributed by atoms with van der Waals surface area (Å²) in [7, 11) is 0. The number of nitrogens with one attached hydrogen (secondary N) is 1. The summed E-state index contributed by atoms with van der Waals surface area (Å²) in [5, 5.41) is 13.2. The zero-order valence-corrected chi connectivity index (χ0v) is 13.9. The second-order valence-electron chi connectivity index (χ2n) is 5.96. The molecule has 0 spiro atoms. The molecule has 0 bridgehead atoms. The molecule has 120 valence electrons. The Balaban J connectivity index is 1.92. The quantitative estimate of drug-likeness (QED) is 0.824. The molecule has 22 heavy (non-hydrogen) atoms. The summed E-state index contributed by atoms with van der Waals surface area (Å²) in [6, 6.07) is 5.29. The molecule has 1 aliphatic carbocycles. The third-order valence-electron chi connectivity index (χ3n) is 4.36. The lowest BCUT2D eigenvalue weighted by atomic mass is 9.66. The van der Waals surface area contributed by atoms with Crippen molar-refractivity contribution in [3.8, 4) is 0 Å². The van der Waals surface area contributed by atoms with Gasteiger partial charge in [-0.2, -0.15) is 0 Å². The van der Waals surface area contributed by atoms with E-state index in [9.17, 15) is 14.7 Å². The number of aliphatic carboxylic acids is 1. The number of rotatable bonds is 6. The molecule has 1 aromatic carbocycles. The minimum absolute atomic E-state index is 0.0330. The Kier molecular flexibility index (Phi) is 5.35. The third-order valence-corrected chi connectivity index (χ3v) is 5.02. The standard InChI is InChI=1S/C16H19Cl2NO3/c1-10(14-11(17)4-2-5-12(14)18)9-19-13(20)8-16(15(21)22)6-3-7-16/h2,4-5,10H,3,6-9H2,1H3,(H,19,20)(H,21,22). The van der Waals surface area contributed by atoms with E-state index in [0.29, 0.717) is 29.4 Å². The van der Waals surface area contributed by atoms with Crippen molar-refractivity contribution in [2.24, 2.45) is 5.41 Å². The molecular formula is C16H19Cl2NO3. The Morgan fingerprint density at radius 1 is 1.32 bits per heavy atom. The van der Waals surface area contributed by atoms with E-state index in [1.165, 1.54) is 0 Å². The second-order valence-corrected chi connectivity index (χ2v) is 6.77. The molecule has 1 amide bonds. The molecule has 2 N–H and O–H groups in total. The first-order chi connectivity index (χ1) is 10.4. The fraction of sp³-hybridized carbons (Fsp3) is 0.500. The van der Waals surface area contributed by atoms with Gasteiger partial charge in [0.2, 0.25) is 5.91 Å². The van der Waals surface area contributed by atoms with Crippen LogP contribution in [0, 0.1) is 5.41 Å². The maximum Gasteiger partial charge on any atom is 0.310 e. The molecule has 1 saturated carbocycles. The SMILES string of the molecule is CC(CNC(=O)CC1(C(=O)O)CCC1)c1c(Cl)cccc1Cl. The van der Waals surface area contributed by atoms with Gasteiger partial charge in [-0.25, -0.2) is 0 Å². The van der Waals surface area contributed by atoms with Gasteiger partial charge < -0.3 is 10.4 Å². The molecule has 6 heteroatoms. The van der Waals surface area contributed by atoms with Crippen molar-refractivity contribution in [3.63, 3.8) is 0 Å². The lowest BCUT2D eigenvalue weighted by molar-refractivity contribution is -0.157. The van der Waals surface area contributed by atoms with E-state index in [0.717, 1.165) is 12.0 Å². The Bertz CT molecular complexity index is 565. The Hall–Kier alpha value is -1.26. The van der Waals surface area contributed by atoms with Crippen molar-refractivity contribution in [3.05, 3.63) is 33.8 Å². The van der Waals surface area contributed by atoms with Crippen LogP contribution >= 0.6 is 23.2 Å². The Morgan fingerprint density at radius 2 is 1.91 bits per heavy atom. The Labute approximate surface area is 139 Å². The molecule has 1 unspecified atom stereocenters. The minimum Gasteiger partial charge on any atom is -0.481 e. The van der Waals surface area contributed by atoms with Crippen LogP contribution in [0.2, 0.25) is 10.0 Å². The van der Waals surface area contributed by atoms with E-state index in [1.807, 2.05) is 6.92 Å². The van der Waals surface area contributed by atoms with Crippen molar-refractivity contribution in [2.45, 2.75) is 38.5 Å².